The van der Waals surface area contributed by atoms with Crippen LogP contribution in [0.2, 0.25) is 0 Å². The van der Waals surface area contributed by atoms with E-state index in [-0.39, 0.29) is 10.2 Å². The average molecular weight is 311 g/mol. The van der Waals surface area contributed by atoms with E-state index in [1.165, 1.54) is 14.1 Å². The minimum atomic E-state index is -4.72. The Hall–Kier alpha value is -0.540. The van der Waals surface area contributed by atoms with Gasteiger partial charge in [0.05, 0.1) is 12.3 Å². The molecule has 0 aliphatic rings. The van der Waals surface area contributed by atoms with E-state index in [0.717, 1.165) is 4.90 Å². The van der Waals surface area contributed by atoms with Gasteiger partial charge in [-0.2, -0.15) is 17.5 Å². The molecular weight excluding hydrogens is 297 g/mol. The summed E-state index contributed by atoms with van der Waals surface area (Å²) in [5.41, 5.74) is 0. The van der Waals surface area contributed by atoms with Crippen LogP contribution in [0.3, 0.4) is 0 Å². The van der Waals surface area contributed by atoms with E-state index >= 15 is 0 Å². The molecule has 5 nitrogen and oxygen atoms in total. The van der Waals surface area contributed by atoms with Crippen LogP contribution in [0.25, 0.3) is 0 Å². The number of carbonyl (C=O) groups is 1. The van der Waals surface area contributed by atoms with Crippen LogP contribution in [0, 0.1) is 0 Å². The molecule has 0 radical (unpaired) electrons. The highest BCUT2D eigenvalue weighted by molar-refractivity contribution is 7.89. The first kappa shape index (κ1) is 17.5. The zero-order valence-corrected chi connectivity index (χ0v) is 11.4. The predicted octanol–water partition coefficient (Wildman–Crippen LogP) is 0.507. The summed E-state index contributed by atoms with van der Waals surface area (Å²) >= 11 is 5.22. The van der Waals surface area contributed by atoms with Crippen LogP contribution < -0.4 is 0 Å². The van der Waals surface area contributed by atoms with Gasteiger partial charge in [-0.15, -0.1) is 11.6 Å². The van der Waals surface area contributed by atoms with Crippen molar-refractivity contribution < 1.29 is 26.4 Å². The largest absolute Gasteiger partial charge is 0.402 e. The molecule has 0 saturated heterocycles. The Balaban J connectivity index is 5.01. The highest BCUT2D eigenvalue weighted by Gasteiger charge is 2.37. The van der Waals surface area contributed by atoms with E-state index in [1.54, 1.807) is 0 Å². The number of halogens is 4. The van der Waals surface area contributed by atoms with E-state index in [0.29, 0.717) is 0 Å². The van der Waals surface area contributed by atoms with Crippen molar-refractivity contribution in [3.63, 3.8) is 0 Å². The van der Waals surface area contributed by atoms with Crippen molar-refractivity contribution in [1.82, 2.24) is 9.21 Å². The normalized spacial score (nSPS) is 12.8. The van der Waals surface area contributed by atoms with Crippen LogP contribution in [0.15, 0.2) is 0 Å². The summed E-state index contributed by atoms with van der Waals surface area (Å²) in [5.74, 6) is -1.73. The van der Waals surface area contributed by atoms with Gasteiger partial charge in [-0.3, -0.25) is 4.79 Å². The first-order valence-electron chi connectivity index (χ1n) is 4.80. The monoisotopic (exact) mass is 310 g/mol. The minimum absolute atomic E-state index is 0.0950. The Morgan fingerprint density at radius 1 is 1.28 bits per heavy atom. The summed E-state index contributed by atoms with van der Waals surface area (Å²) in [6.07, 6.45) is -4.72. The molecule has 0 aliphatic heterocycles. The number of likely N-dealkylation sites (N-methyl/N-ethyl adjacent to an activating group) is 1. The molecule has 18 heavy (non-hydrogen) atoms. The highest BCUT2D eigenvalue weighted by atomic mass is 35.5. The first-order valence-corrected chi connectivity index (χ1v) is 6.94. The van der Waals surface area contributed by atoms with Crippen LogP contribution in [0.1, 0.15) is 0 Å². The van der Waals surface area contributed by atoms with Gasteiger partial charge >= 0.3 is 6.18 Å². The molecule has 0 saturated carbocycles. The van der Waals surface area contributed by atoms with Crippen molar-refractivity contribution in [1.29, 1.82) is 0 Å². The lowest BCUT2D eigenvalue weighted by molar-refractivity contribution is -0.141. The molecule has 0 spiro atoms. The van der Waals surface area contributed by atoms with Crippen LogP contribution in [-0.4, -0.2) is 68.5 Å². The maximum absolute atomic E-state index is 12.3. The van der Waals surface area contributed by atoms with Crippen molar-refractivity contribution in [2.24, 2.45) is 0 Å². The third kappa shape index (κ3) is 6.41. The molecule has 0 aliphatic carbocycles. The Kier molecular flexibility index (Phi) is 6.38. The maximum atomic E-state index is 12.3. The molecule has 0 fully saturated rings. The van der Waals surface area contributed by atoms with E-state index < -0.39 is 40.9 Å². The van der Waals surface area contributed by atoms with Gasteiger partial charge in [-0.1, -0.05) is 0 Å². The molecular formula is C8H14ClF3N2O3S. The summed E-state index contributed by atoms with van der Waals surface area (Å²) < 4.78 is 60.0. The molecule has 1 amide bonds. The van der Waals surface area contributed by atoms with Crippen molar-refractivity contribution in [3.8, 4) is 0 Å². The lowest BCUT2D eigenvalue weighted by Crippen LogP contribution is -2.45. The number of carbonyl (C=O) groups excluding carboxylic acids is 1. The Morgan fingerprint density at radius 3 is 2.11 bits per heavy atom. The maximum Gasteiger partial charge on any atom is 0.402 e. The van der Waals surface area contributed by atoms with Crippen molar-refractivity contribution >= 4 is 27.5 Å². The summed E-state index contributed by atoms with van der Waals surface area (Å²) in [4.78, 5) is 12.3. The topological polar surface area (TPSA) is 57.7 Å². The molecule has 0 N–H and O–H groups in total. The molecule has 0 aromatic heterocycles. The Morgan fingerprint density at radius 2 is 1.78 bits per heavy atom. The van der Waals surface area contributed by atoms with E-state index in [4.69, 9.17) is 11.6 Å². The number of rotatable bonds is 6. The summed E-state index contributed by atoms with van der Waals surface area (Å²) in [6.45, 7) is -2.56. The second-order valence-corrected chi connectivity index (χ2v) is 6.14. The number of hydrogen-bond donors (Lipinski definition) is 0. The Labute approximate surface area is 109 Å². The zero-order chi connectivity index (χ0) is 14.6. The van der Waals surface area contributed by atoms with Crippen molar-refractivity contribution in [2.45, 2.75) is 6.18 Å². The lowest BCUT2D eigenvalue weighted by Gasteiger charge is -2.23. The van der Waals surface area contributed by atoms with Gasteiger partial charge in [0.2, 0.25) is 15.9 Å². The molecule has 0 heterocycles. The van der Waals surface area contributed by atoms with Crippen LogP contribution >= 0.6 is 11.6 Å². The molecule has 0 bridgehead atoms. The fourth-order valence-electron chi connectivity index (χ4n) is 0.971. The Bertz CT molecular complexity index is 384. The quantitative estimate of drug-likeness (QED) is 0.672. The fourth-order valence-corrected chi connectivity index (χ4v) is 2.66. The third-order valence-electron chi connectivity index (χ3n) is 1.89. The highest BCUT2D eigenvalue weighted by Crippen LogP contribution is 2.19. The van der Waals surface area contributed by atoms with Crippen LogP contribution in [0.4, 0.5) is 13.2 Å². The molecule has 108 valence electrons. The second kappa shape index (κ2) is 6.58. The molecule has 0 aromatic carbocycles. The standard InChI is InChI=1S/C8H14ClF3N2O3S/c1-13(2)7(15)5-14(6-8(10,11)12)18(16,17)4-3-9/h3-6H2,1-2H3. The van der Waals surface area contributed by atoms with Gasteiger partial charge in [0.15, 0.2) is 0 Å². The molecule has 0 unspecified atom stereocenters. The smallest absolute Gasteiger partial charge is 0.348 e. The number of hydrogen-bond acceptors (Lipinski definition) is 3. The van der Waals surface area contributed by atoms with Gasteiger partial charge in [0.25, 0.3) is 0 Å². The minimum Gasteiger partial charge on any atom is -0.348 e. The van der Waals surface area contributed by atoms with Crippen molar-refractivity contribution in [3.05, 3.63) is 0 Å². The molecule has 0 aromatic rings. The predicted molar refractivity (Wildman–Crippen MR) is 60.8 cm³/mol. The summed E-state index contributed by atoms with van der Waals surface area (Å²) in [5, 5.41) is 0. The number of sulfonamides is 1. The van der Waals surface area contributed by atoms with Gasteiger partial charge in [0, 0.05) is 20.0 Å². The van der Waals surface area contributed by atoms with Crippen molar-refractivity contribution in [2.75, 3.05) is 38.8 Å². The number of nitrogens with zero attached hydrogens (tertiary/aromatic N) is 2. The number of amides is 1. The third-order valence-corrected chi connectivity index (χ3v) is 4.07. The second-order valence-electron chi connectivity index (χ2n) is 3.68. The van der Waals surface area contributed by atoms with E-state index in [9.17, 15) is 26.4 Å². The SMILES string of the molecule is CN(C)C(=O)CN(CC(F)(F)F)S(=O)(=O)CCCl. The summed E-state index contributed by atoms with van der Waals surface area (Å²) in [7, 11) is -1.56. The van der Waals surface area contributed by atoms with Gasteiger partial charge < -0.3 is 4.90 Å². The molecule has 0 atom stereocenters. The van der Waals surface area contributed by atoms with Gasteiger partial charge in [0.1, 0.15) is 6.54 Å². The van der Waals surface area contributed by atoms with E-state index in [1.807, 2.05) is 0 Å². The first-order chi connectivity index (χ1) is 7.99. The zero-order valence-electron chi connectivity index (χ0n) is 9.87. The molecule has 10 heteroatoms. The van der Waals surface area contributed by atoms with E-state index in [2.05, 4.69) is 0 Å². The summed E-state index contributed by atoms with van der Waals surface area (Å²) in [6, 6.07) is 0. The molecule has 0 rings (SSSR count). The van der Waals surface area contributed by atoms with Gasteiger partial charge in [-0.05, 0) is 0 Å². The average Bonchev–Trinajstić information content (AvgIpc) is 2.14. The fraction of sp³-hybridized carbons (Fsp3) is 0.875. The van der Waals surface area contributed by atoms with Crippen LogP contribution in [-0.2, 0) is 14.8 Å². The lowest BCUT2D eigenvalue weighted by atomic mass is 10.5. The van der Waals surface area contributed by atoms with Crippen LogP contribution in [0.5, 0.6) is 0 Å². The van der Waals surface area contributed by atoms with Gasteiger partial charge in [-0.25, -0.2) is 8.42 Å². The number of alkyl halides is 4.